The largest absolute Gasteiger partial charge is 0.432 e. The second-order valence-corrected chi connectivity index (χ2v) is 5.65. The molecule has 0 radical (unpaired) electrons. The summed E-state index contributed by atoms with van der Waals surface area (Å²) >= 11 is 0. The molecule has 3 heterocycles. The number of imide groups is 1. The Hall–Kier alpha value is -2.92. The molecular weight excluding hydrogens is 344 g/mol. The first-order valence-electron chi connectivity index (χ1n) is 7.37. The van der Waals surface area contributed by atoms with Gasteiger partial charge in [-0.1, -0.05) is 0 Å². The van der Waals surface area contributed by atoms with E-state index in [1.165, 1.54) is 0 Å². The van der Waals surface area contributed by atoms with Gasteiger partial charge in [-0.05, 0) is 0 Å². The van der Waals surface area contributed by atoms with E-state index in [2.05, 4.69) is 9.97 Å². The third-order valence-electron chi connectivity index (χ3n) is 4.15. The van der Waals surface area contributed by atoms with Gasteiger partial charge in [-0.2, -0.15) is 0 Å². The van der Waals surface area contributed by atoms with Crippen molar-refractivity contribution in [1.29, 1.82) is 0 Å². The molecule has 0 saturated carbocycles. The van der Waals surface area contributed by atoms with Crippen LogP contribution in [0.1, 0.15) is 12.8 Å². The van der Waals surface area contributed by atoms with Crippen molar-refractivity contribution >= 4 is 23.6 Å². The zero-order valence-electron chi connectivity index (χ0n) is 12.8. The summed E-state index contributed by atoms with van der Waals surface area (Å²) < 4.78 is 30.1. The predicted octanol–water partition coefficient (Wildman–Crippen LogP) is 0.968. The Balaban J connectivity index is 1.68. The van der Waals surface area contributed by atoms with Crippen LogP contribution in [0.3, 0.4) is 0 Å². The lowest BCUT2D eigenvalue weighted by atomic mass is 9.90. The van der Waals surface area contributed by atoms with Crippen LogP contribution < -0.4 is 4.90 Å². The average Bonchev–Trinajstić information content (AvgIpc) is 2.80. The molecule has 10 nitrogen and oxygen atoms in total. The van der Waals surface area contributed by atoms with Crippen LogP contribution in [0, 0.1) is 10.1 Å². The minimum atomic E-state index is -2.83. The summed E-state index contributed by atoms with van der Waals surface area (Å²) in [4.78, 5) is 43.9. The van der Waals surface area contributed by atoms with Crippen LogP contribution in [0.4, 0.5) is 25.2 Å². The van der Waals surface area contributed by atoms with Gasteiger partial charge in [0.05, 0.1) is 11.5 Å². The van der Waals surface area contributed by atoms with Gasteiger partial charge in [-0.3, -0.25) is 14.9 Å². The molecule has 0 N–H and O–H groups in total. The van der Waals surface area contributed by atoms with Crippen molar-refractivity contribution in [2.45, 2.75) is 24.9 Å². The fourth-order valence-electron chi connectivity index (χ4n) is 2.85. The number of nitro groups is 1. The Labute approximate surface area is 139 Å². The molecule has 0 bridgehead atoms. The Morgan fingerprint density at radius 2 is 1.88 bits per heavy atom. The number of ether oxygens (including phenoxy) is 1. The predicted molar refractivity (Wildman–Crippen MR) is 77.1 cm³/mol. The summed E-state index contributed by atoms with van der Waals surface area (Å²) in [6.07, 6.45) is -1.57. The number of carbonyl (C=O) groups excluding carboxylic acids is 2. The second kappa shape index (κ2) is 6.18. The van der Waals surface area contributed by atoms with Crippen molar-refractivity contribution in [2.24, 2.45) is 0 Å². The number of anilines is 1. The molecule has 25 heavy (non-hydrogen) atoms. The Morgan fingerprint density at radius 3 is 2.40 bits per heavy atom. The van der Waals surface area contributed by atoms with Gasteiger partial charge in [0, 0.05) is 25.9 Å². The van der Waals surface area contributed by atoms with E-state index in [0.29, 0.717) is 4.90 Å². The van der Waals surface area contributed by atoms with Crippen molar-refractivity contribution in [3.8, 4) is 0 Å². The third-order valence-corrected chi connectivity index (χ3v) is 4.15. The SMILES string of the molecule is O=C1OC2(CCN(c3ncc([N+](=O)[O-])cn3)CC2)C(=O)N1CC(F)F. The molecule has 1 aromatic rings. The van der Waals surface area contributed by atoms with E-state index in [0.717, 1.165) is 12.4 Å². The van der Waals surface area contributed by atoms with Crippen LogP contribution in [0.2, 0.25) is 0 Å². The average molecular weight is 357 g/mol. The van der Waals surface area contributed by atoms with Crippen molar-refractivity contribution in [1.82, 2.24) is 14.9 Å². The summed E-state index contributed by atoms with van der Waals surface area (Å²) in [7, 11) is 0. The number of hydrogen-bond acceptors (Lipinski definition) is 8. The second-order valence-electron chi connectivity index (χ2n) is 5.65. The summed E-state index contributed by atoms with van der Waals surface area (Å²) in [5.74, 6) is -0.524. The van der Waals surface area contributed by atoms with Gasteiger partial charge < -0.3 is 9.64 Å². The smallest absolute Gasteiger partial charge is 0.417 e. The molecule has 2 fully saturated rings. The molecule has 134 valence electrons. The zero-order chi connectivity index (χ0) is 18.2. The molecule has 1 aromatic heterocycles. The standard InChI is InChI=1S/C13H13F2N5O5/c14-9(15)7-19-10(21)13(25-12(19)22)1-3-18(4-2-13)11-16-5-8(6-17-11)20(23)24/h5-6,9H,1-4,7H2. The summed E-state index contributed by atoms with van der Waals surface area (Å²) in [6, 6.07) is 0. The highest BCUT2D eigenvalue weighted by Crippen LogP contribution is 2.35. The fourth-order valence-corrected chi connectivity index (χ4v) is 2.85. The van der Waals surface area contributed by atoms with Crippen molar-refractivity contribution in [3.63, 3.8) is 0 Å². The highest BCUT2D eigenvalue weighted by molar-refractivity contribution is 6.03. The van der Waals surface area contributed by atoms with Crippen LogP contribution >= 0.6 is 0 Å². The number of aromatic nitrogens is 2. The lowest BCUT2D eigenvalue weighted by Crippen LogP contribution is -2.50. The number of nitrogens with zero attached hydrogens (tertiary/aromatic N) is 5. The molecule has 0 unspecified atom stereocenters. The summed E-state index contributed by atoms with van der Waals surface area (Å²) in [5, 5.41) is 10.6. The maximum Gasteiger partial charge on any atom is 0.417 e. The van der Waals surface area contributed by atoms with Crippen LogP contribution in [-0.4, -0.2) is 63.5 Å². The van der Waals surface area contributed by atoms with E-state index in [9.17, 15) is 28.5 Å². The molecule has 0 atom stereocenters. The molecule has 2 aliphatic heterocycles. The maximum absolute atomic E-state index is 12.5. The maximum atomic E-state index is 12.5. The fraction of sp³-hybridized carbons (Fsp3) is 0.538. The number of carbonyl (C=O) groups is 2. The van der Waals surface area contributed by atoms with Crippen molar-refractivity contribution in [3.05, 3.63) is 22.5 Å². The normalized spacial score (nSPS) is 19.6. The van der Waals surface area contributed by atoms with Gasteiger partial charge in [-0.25, -0.2) is 28.4 Å². The molecule has 3 rings (SSSR count). The van der Waals surface area contributed by atoms with Crippen LogP contribution in [0.25, 0.3) is 0 Å². The van der Waals surface area contributed by atoms with Gasteiger partial charge in [0.25, 0.3) is 12.3 Å². The first-order chi connectivity index (χ1) is 11.8. The van der Waals surface area contributed by atoms with Gasteiger partial charge in [0.1, 0.15) is 12.4 Å². The topological polar surface area (TPSA) is 119 Å². The number of rotatable bonds is 4. The highest BCUT2D eigenvalue weighted by Gasteiger charge is 2.55. The molecule has 1 spiro atoms. The molecular formula is C13H13F2N5O5. The Bertz CT molecular complexity index is 705. The Morgan fingerprint density at radius 1 is 1.28 bits per heavy atom. The lowest BCUT2D eigenvalue weighted by molar-refractivity contribution is -0.385. The quantitative estimate of drug-likeness (QED) is 0.577. The molecule has 0 aliphatic carbocycles. The Kier molecular flexibility index (Phi) is 4.18. The zero-order valence-corrected chi connectivity index (χ0v) is 12.8. The number of hydrogen-bond donors (Lipinski definition) is 0. The number of piperidine rings is 1. The van der Waals surface area contributed by atoms with Crippen molar-refractivity contribution < 1.29 is 28.0 Å². The van der Waals surface area contributed by atoms with Crippen LogP contribution in [0.15, 0.2) is 12.4 Å². The molecule has 12 heteroatoms. The van der Waals surface area contributed by atoms with E-state index in [1.54, 1.807) is 4.90 Å². The third kappa shape index (κ3) is 3.06. The molecule has 0 aromatic carbocycles. The van der Waals surface area contributed by atoms with Gasteiger partial charge in [0.2, 0.25) is 5.95 Å². The first kappa shape index (κ1) is 16.9. The molecule has 2 amide bonds. The number of alkyl halides is 2. The van der Waals surface area contributed by atoms with Gasteiger partial charge in [0.15, 0.2) is 5.60 Å². The molecule has 2 saturated heterocycles. The number of amides is 2. The number of halogens is 2. The minimum absolute atomic E-state index is 0.0949. The van der Waals surface area contributed by atoms with E-state index in [1.807, 2.05) is 0 Å². The van der Waals surface area contributed by atoms with E-state index < -0.39 is 35.5 Å². The van der Waals surface area contributed by atoms with E-state index >= 15 is 0 Å². The summed E-state index contributed by atoms with van der Waals surface area (Å²) in [6.45, 7) is -0.521. The van der Waals surface area contributed by atoms with Crippen molar-refractivity contribution in [2.75, 3.05) is 24.5 Å². The monoisotopic (exact) mass is 357 g/mol. The van der Waals surface area contributed by atoms with E-state index in [-0.39, 0.29) is 37.6 Å². The summed E-state index contributed by atoms with van der Waals surface area (Å²) in [5.41, 5.74) is -1.69. The van der Waals surface area contributed by atoms with Crippen LogP contribution in [0.5, 0.6) is 0 Å². The van der Waals surface area contributed by atoms with Crippen LogP contribution in [-0.2, 0) is 9.53 Å². The molecule has 2 aliphatic rings. The first-order valence-corrected chi connectivity index (χ1v) is 7.37. The lowest BCUT2D eigenvalue weighted by Gasteiger charge is -2.35. The van der Waals surface area contributed by atoms with E-state index in [4.69, 9.17) is 4.74 Å². The highest BCUT2D eigenvalue weighted by atomic mass is 19.3. The van der Waals surface area contributed by atoms with Gasteiger partial charge >= 0.3 is 11.8 Å². The van der Waals surface area contributed by atoms with Gasteiger partial charge in [-0.15, -0.1) is 0 Å². The minimum Gasteiger partial charge on any atom is -0.432 e.